The standard InChI is InChI=1S/C20H20F2N2O2/c1-3-12-6-4-5-11(2)18(12)24-20(26)15-10-14(15)19(25)23-13-7-8-16(21)17(22)9-13/h4-9,14-15H,3,10H2,1-2H3,(H,23,25)(H,24,26). The zero-order valence-corrected chi connectivity index (χ0v) is 14.6. The number of hydrogen-bond acceptors (Lipinski definition) is 2. The van der Waals surface area contributed by atoms with Gasteiger partial charge in [-0.2, -0.15) is 0 Å². The average molecular weight is 358 g/mol. The molecule has 0 bridgehead atoms. The molecule has 2 amide bonds. The van der Waals surface area contributed by atoms with Crippen LogP contribution in [0.2, 0.25) is 0 Å². The molecule has 1 saturated carbocycles. The van der Waals surface area contributed by atoms with Crippen molar-refractivity contribution in [2.75, 3.05) is 10.6 Å². The minimum absolute atomic E-state index is 0.173. The molecule has 136 valence electrons. The molecule has 26 heavy (non-hydrogen) atoms. The molecule has 0 aliphatic heterocycles. The summed E-state index contributed by atoms with van der Waals surface area (Å²) in [5, 5.41) is 5.46. The van der Waals surface area contributed by atoms with Crippen molar-refractivity contribution in [2.45, 2.75) is 26.7 Å². The van der Waals surface area contributed by atoms with Gasteiger partial charge in [0.1, 0.15) is 0 Å². The average Bonchev–Trinajstić information content (AvgIpc) is 3.41. The van der Waals surface area contributed by atoms with Crippen LogP contribution >= 0.6 is 0 Å². The molecule has 0 spiro atoms. The maximum absolute atomic E-state index is 13.2. The van der Waals surface area contributed by atoms with Crippen molar-refractivity contribution in [2.24, 2.45) is 11.8 Å². The summed E-state index contributed by atoms with van der Waals surface area (Å²) in [7, 11) is 0. The summed E-state index contributed by atoms with van der Waals surface area (Å²) >= 11 is 0. The van der Waals surface area contributed by atoms with Crippen LogP contribution in [0, 0.1) is 30.4 Å². The second kappa shape index (κ2) is 7.23. The highest BCUT2D eigenvalue weighted by Crippen LogP contribution is 2.40. The van der Waals surface area contributed by atoms with Gasteiger partial charge in [-0.3, -0.25) is 9.59 Å². The van der Waals surface area contributed by atoms with Gasteiger partial charge in [-0.05, 0) is 43.0 Å². The largest absolute Gasteiger partial charge is 0.326 e. The number of rotatable bonds is 5. The summed E-state index contributed by atoms with van der Waals surface area (Å²) in [6, 6.07) is 8.99. The number of nitrogens with one attached hydrogen (secondary N) is 2. The molecule has 1 fully saturated rings. The first-order valence-electron chi connectivity index (χ1n) is 8.56. The molecule has 0 radical (unpaired) electrons. The van der Waals surface area contributed by atoms with Gasteiger partial charge in [0.05, 0.1) is 11.8 Å². The number of benzene rings is 2. The molecule has 6 heteroatoms. The van der Waals surface area contributed by atoms with Crippen LogP contribution in [0.4, 0.5) is 20.2 Å². The molecule has 0 heterocycles. The van der Waals surface area contributed by atoms with Gasteiger partial charge < -0.3 is 10.6 Å². The number of carbonyl (C=O) groups excluding carboxylic acids is 2. The van der Waals surface area contributed by atoms with Crippen LogP contribution in [-0.2, 0) is 16.0 Å². The topological polar surface area (TPSA) is 58.2 Å². The molecule has 2 N–H and O–H groups in total. The van der Waals surface area contributed by atoms with Crippen molar-refractivity contribution < 1.29 is 18.4 Å². The molecule has 1 aliphatic carbocycles. The molecule has 2 atom stereocenters. The highest BCUT2D eigenvalue weighted by atomic mass is 19.2. The van der Waals surface area contributed by atoms with Crippen LogP contribution in [0.1, 0.15) is 24.5 Å². The van der Waals surface area contributed by atoms with Crippen molar-refractivity contribution in [1.29, 1.82) is 0 Å². The third-order valence-corrected chi connectivity index (χ3v) is 4.64. The lowest BCUT2D eigenvalue weighted by atomic mass is 10.1. The molecule has 4 nitrogen and oxygen atoms in total. The number of halogens is 2. The predicted octanol–water partition coefficient (Wildman–Crippen LogP) is 4.05. The van der Waals surface area contributed by atoms with Crippen molar-refractivity contribution >= 4 is 23.2 Å². The Morgan fingerprint density at radius 1 is 1.04 bits per heavy atom. The van der Waals surface area contributed by atoms with Crippen LogP contribution < -0.4 is 10.6 Å². The SMILES string of the molecule is CCc1cccc(C)c1NC(=O)C1CC1C(=O)Nc1ccc(F)c(F)c1. The van der Waals surface area contributed by atoms with Gasteiger partial charge in [0, 0.05) is 17.4 Å². The number of aryl methyl sites for hydroxylation is 2. The van der Waals surface area contributed by atoms with E-state index in [9.17, 15) is 18.4 Å². The van der Waals surface area contributed by atoms with Crippen LogP contribution in [0.25, 0.3) is 0 Å². The van der Waals surface area contributed by atoms with Gasteiger partial charge in [0.25, 0.3) is 0 Å². The molecule has 0 saturated heterocycles. The number of amides is 2. The first-order chi connectivity index (χ1) is 12.4. The molecule has 2 aromatic carbocycles. The Balaban J connectivity index is 1.62. The first kappa shape index (κ1) is 18.0. The van der Waals surface area contributed by atoms with Gasteiger partial charge in [-0.1, -0.05) is 25.1 Å². The number of anilines is 2. The minimum Gasteiger partial charge on any atom is -0.326 e. The molecular formula is C20H20F2N2O2. The van der Waals surface area contributed by atoms with Gasteiger partial charge >= 0.3 is 0 Å². The van der Waals surface area contributed by atoms with E-state index in [1.807, 2.05) is 32.0 Å². The van der Waals surface area contributed by atoms with Gasteiger partial charge in [0.15, 0.2) is 11.6 Å². The Kier molecular flexibility index (Phi) is 5.02. The van der Waals surface area contributed by atoms with Crippen LogP contribution in [-0.4, -0.2) is 11.8 Å². The molecular weight excluding hydrogens is 338 g/mol. The van der Waals surface area contributed by atoms with Crippen LogP contribution in [0.3, 0.4) is 0 Å². The van der Waals surface area contributed by atoms with E-state index >= 15 is 0 Å². The van der Waals surface area contributed by atoms with E-state index in [2.05, 4.69) is 10.6 Å². The number of carbonyl (C=O) groups is 2. The van der Waals surface area contributed by atoms with Crippen molar-refractivity contribution in [3.8, 4) is 0 Å². The van der Waals surface area contributed by atoms with E-state index in [1.54, 1.807) is 0 Å². The second-order valence-electron chi connectivity index (χ2n) is 6.52. The lowest BCUT2D eigenvalue weighted by molar-refractivity contribution is -0.122. The zero-order valence-electron chi connectivity index (χ0n) is 14.6. The summed E-state index contributed by atoms with van der Waals surface area (Å²) in [4.78, 5) is 24.7. The summed E-state index contributed by atoms with van der Waals surface area (Å²) < 4.78 is 26.1. The van der Waals surface area contributed by atoms with E-state index in [0.717, 1.165) is 35.4 Å². The molecule has 2 aromatic rings. The fourth-order valence-electron chi connectivity index (χ4n) is 3.00. The molecule has 2 unspecified atom stereocenters. The van der Waals surface area contributed by atoms with Gasteiger partial charge in [0.2, 0.25) is 11.8 Å². The third kappa shape index (κ3) is 3.74. The highest BCUT2D eigenvalue weighted by Gasteiger charge is 2.48. The monoisotopic (exact) mass is 358 g/mol. The zero-order chi connectivity index (χ0) is 18.8. The van der Waals surface area contributed by atoms with Crippen LogP contribution in [0.15, 0.2) is 36.4 Å². The Labute approximate surface area is 150 Å². The van der Waals surface area contributed by atoms with E-state index in [1.165, 1.54) is 6.07 Å². The van der Waals surface area contributed by atoms with E-state index < -0.39 is 23.5 Å². The fourth-order valence-corrected chi connectivity index (χ4v) is 3.00. The lowest BCUT2D eigenvalue weighted by Crippen LogP contribution is -2.21. The van der Waals surface area contributed by atoms with Gasteiger partial charge in [-0.25, -0.2) is 8.78 Å². The molecule has 3 rings (SSSR count). The Morgan fingerprint density at radius 3 is 2.38 bits per heavy atom. The smallest absolute Gasteiger partial charge is 0.228 e. The first-order valence-corrected chi connectivity index (χ1v) is 8.56. The Morgan fingerprint density at radius 2 is 1.73 bits per heavy atom. The van der Waals surface area contributed by atoms with Crippen LogP contribution in [0.5, 0.6) is 0 Å². The van der Waals surface area contributed by atoms with Gasteiger partial charge in [-0.15, -0.1) is 0 Å². The summed E-state index contributed by atoms with van der Waals surface area (Å²) in [5.41, 5.74) is 2.99. The quantitative estimate of drug-likeness (QED) is 0.847. The van der Waals surface area contributed by atoms with Crippen molar-refractivity contribution in [3.05, 3.63) is 59.2 Å². The second-order valence-corrected chi connectivity index (χ2v) is 6.52. The third-order valence-electron chi connectivity index (χ3n) is 4.64. The molecule has 1 aliphatic rings. The molecule has 0 aromatic heterocycles. The fraction of sp³-hybridized carbons (Fsp3) is 0.300. The van der Waals surface area contributed by atoms with E-state index in [4.69, 9.17) is 0 Å². The normalized spacial score (nSPS) is 18.3. The van der Waals surface area contributed by atoms with Crippen molar-refractivity contribution in [1.82, 2.24) is 0 Å². The number of para-hydroxylation sites is 1. The predicted molar refractivity (Wildman–Crippen MR) is 95.8 cm³/mol. The highest BCUT2D eigenvalue weighted by molar-refractivity contribution is 6.03. The summed E-state index contributed by atoms with van der Waals surface area (Å²) in [5.74, 6) is -3.44. The maximum Gasteiger partial charge on any atom is 0.228 e. The lowest BCUT2D eigenvalue weighted by Gasteiger charge is -2.13. The minimum atomic E-state index is -1.03. The Bertz CT molecular complexity index is 867. The van der Waals surface area contributed by atoms with Crippen molar-refractivity contribution in [3.63, 3.8) is 0 Å². The van der Waals surface area contributed by atoms with E-state index in [0.29, 0.717) is 6.42 Å². The summed E-state index contributed by atoms with van der Waals surface area (Å²) in [6.07, 6.45) is 1.23. The maximum atomic E-state index is 13.2. The number of hydrogen-bond donors (Lipinski definition) is 2. The summed E-state index contributed by atoms with van der Waals surface area (Å²) in [6.45, 7) is 3.94. The van der Waals surface area contributed by atoms with E-state index in [-0.39, 0.29) is 17.5 Å². The Hall–Kier alpha value is -2.76.